The Bertz CT molecular complexity index is 4370. The van der Waals surface area contributed by atoms with Crippen LogP contribution in [0.1, 0.15) is 343 Å². The number of terminal acetylenes is 1. The van der Waals surface area contributed by atoms with E-state index in [1.807, 2.05) is 94.9 Å². The molecule has 0 amide bonds. The van der Waals surface area contributed by atoms with E-state index in [1.54, 1.807) is 35.6 Å². The van der Waals surface area contributed by atoms with Crippen LogP contribution < -0.4 is 5.73 Å². The second kappa shape index (κ2) is 49.3. The smallest absolute Gasteiger partial charge is 0.437 e. The van der Waals surface area contributed by atoms with Gasteiger partial charge < -0.3 is 39.3 Å². The van der Waals surface area contributed by atoms with Gasteiger partial charge in [-0.3, -0.25) is 0 Å². The topological polar surface area (TPSA) is 450 Å². The third kappa shape index (κ3) is 33.5. The van der Waals surface area contributed by atoms with E-state index in [1.165, 1.54) is 73.0 Å². The van der Waals surface area contributed by atoms with Crippen LogP contribution in [0.3, 0.4) is 0 Å². The molecule has 44 heteroatoms. The number of aromatic nitrogens is 24. The molecule has 1 saturated carbocycles. The summed E-state index contributed by atoms with van der Waals surface area (Å²) in [6.07, 6.45) is 16.1. The largest absolute Gasteiger partial charge is 0.464 e. The fraction of sp³-hybridized carbons (Fsp3) is 0.676. The van der Waals surface area contributed by atoms with Crippen molar-refractivity contribution in [3.8, 4) is 12.3 Å². The molecule has 0 atom stereocenters. The van der Waals surface area contributed by atoms with Gasteiger partial charge in [0.15, 0.2) is 28.5 Å². The molecule has 9 rings (SSSR count). The van der Waals surface area contributed by atoms with E-state index >= 15 is 0 Å². The molecule has 8 aromatic heterocycles. The maximum absolute atomic E-state index is 12.8. The zero-order valence-electron chi connectivity index (χ0n) is 71.9. The number of nitrogens with zero attached hydrogens (tertiary/aromatic N) is 24. The zero-order chi connectivity index (χ0) is 89.8. The van der Waals surface area contributed by atoms with E-state index in [0.29, 0.717) is 22.8 Å². The number of carbonyl (C=O) groups excluding carboxylic acids is 6. The molecule has 0 aromatic carbocycles. The van der Waals surface area contributed by atoms with Crippen molar-refractivity contribution in [3.05, 3.63) is 93.6 Å². The Morgan fingerprint density at radius 1 is 0.466 bits per heavy atom. The fourth-order valence-electron chi connectivity index (χ4n) is 9.69. The molecule has 118 heavy (non-hydrogen) atoms. The second-order valence-corrected chi connectivity index (χ2v) is 29.4. The molecule has 0 radical (unpaired) electrons. The molecule has 1 aliphatic rings. The lowest BCUT2D eigenvalue weighted by Crippen LogP contribution is -2.39. The number of esters is 6. The van der Waals surface area contributed by atoms with Gasteiger partial charge in [-0.1, -0.05) is 61.0 Å². The fourth-order valence-corrected chi connectivity index (χ4v) is 9.69. The Hall–Kier alpha value is -11.0. The molecule has 8 heterocycles. The van der Waals surface area contributed by atoms with Crippen LogP contribution in [0.15, 0.2) is 31.0 Å². The van der Waals surface area contributed by atoms with Gasteiger partial charge >= 0.3 is 48.2 Å². The summed E-state index contributed by atoms with van der Waals surface area (Å²) in [5, 5.41) is 68.3. The summed E-state index contributed by atoms with van der Waals surface area (Å²) >= 11 is 0. The molecule has 3 N–H and O–H groups in total. The number of aryl methyl sites for hydroxylation is 2. The van der Waals surface area contributed by atoms with Gasteiger partial charge in [-0.25, -0.2) is 66.2 Å². The number of hydrogen-bond acceptors (Lipinski definition) is 30. The van der Waals surface area contributed by atoms with Gasteiger partial charge in [-0.05, 0) is 190 Å². The number of nitrogens with two attached hydrogens (primary N) is 1. The number of aliphatic hydroxyl groups is 1. The van der Waals surface area contributed by atoms with Crippen molar-refractivity contribution in [2.75, 3.05) is 41.2 Å². The number of ether oxygens (including phenoxy) is 6. The minimum absolute atomic E-state index is 0.00403. The molecule has 658 valence electrons. The number of hydrogen-bond donors (Lipinski definition) is 2. The lowest BCUT2D eigenvalue weighted by molar-refractivity contribution is -0.145. The van der Waals surface area contributed by atoms with E-state index in [-0.39, 0.29) is 66.3 Å². The van der Waals surface area contributed by atoms with Crippen LogP contribution in [0.4, 0.5) is 26.3 Å². The highest BCUT2D eigenvalue weighted by Crippen LogP contribution is 2.35. The number of methoxy groups -OCH3 is 3. The van der Waals surface area contributed by atoms with E-state index in [0.717, 1.165) is 73.1 Å². The molecule has 0 saturated heterocycles. The van der Waals surface area contributed by atoms with Crippen LogP contribution in [0, 0.1) is 12.3 Å². The van der Waals surface area contributed by atoms with Crippen molar-refractivity contribution in [3.63, 3.8) is 0 Å². The molecule has 0 spiro atoms. The third-order valence-electron chi connectivity index (χ3n) is 15.9. The Morgan fingerprint density at radius 2 is 0.873 bits per heavy atom. The molecule has 0 bridgehead atoms. The monoisotopic (exact) mass is 1680 g/mol. The SMILES string of the molecule is C#CCCCc1cn(C(C)C)nn1.CC(C)n1cc(C(=O)OC(C)(C)C)nn1.CC(C)n1cc(C2(N)CCCCC2)nn1.CC(C)n1cc(CCCCO)nn1.CCOC(=O)c1c(C(F)(F)F)nnn1C(C)C.CCOC(=O)c1nnn(C(C)C)c1C(F)(F)F.COC(=O)c1cn(C(C)C)nn1.COC(=O)c1nnn(C(C)C)c1C(=O)OC. The Labute approximate surface area is 682 Å². The number of alkyl halides is 6. The number of aliphatic hydroxyl groups excluding tert-OH is 1. The average molecular weight is 1680 g/mol. The van der Waals surface area contributed by atoms with Crippen molar-refractivity contribution in [1.82, 2.24) is 120 Å². The van der Waals surface area contributed by atoms with Crippen molar-refractivity contribution >= 4 is 35.8 Å². The number of unbranched alkanes of at least 4 members (excludes halogenated alkanes) is 2. The van der Waals surface area contributed by atoms with Gasteiger partial charge in [-0.2, -0.15) is 26.3 Å². The standard InChI is InChI=1S/C11H20N4.C10H17N3O2.C10H15N3.2C9H12F3N3O2.C9H13N3O4.C9H17N3O.C7H11N3O2/c1-9(2)15-8-10(13-14-15)11(12)6-4-3-5-7-11;1-7(2)13-6-8(11-12-13)9(14)15-10(3,4)5;1-4-5-6-7-10-8-13(9(2)3)12-11-10;1-4-17-8(16)6-7(9(10,11)12)13-14-15(6)5(2)3;1-4-17-8(16)6-7(9(10,11)12)15(5(2)3)14-13-6;1-5(2)12-7(9(14)16-4)6(10-11-12)8(13)15-3;1-8(2)12-7-9(10-11-12)5-3-4-6-13;1-5(2)10-4-6(8-9-10)7(11)12-3/h8-9H,3-7,12H2,1-2H3;6-7H,1-5H3;1,8-9H,5-7H2,2-3H3;2*5H,4H2,1-3H3;5H,1-4H3;7-8,13H,3-6H2,1-2H3;4-5H,1-3H3. The van der Waals surface area contributed by atoms with Crippen LogP contribution in [-0.2, 0) is 59.2 Å². The maximum Gasteiger partial charge on any atom is 0.437 e. The van der Waals surface area contributed by atoms with Crippen molar-refractivity contribution in [2.24, 2.45) is 5.73 Å². The van der Waals surface area contributed by atoms with Crippen LogP contribution in [0.25, 0.3) is 0 Å². The number of halogens is 6. The predicted molar refractivity (Wildman–Crippen MR) is 415 cm³/mol. The van der Waals surface area contributed by atoms with Gasteiger partial charge in [0, 0.05) is 73.8 Å². The molecular formula is C74H117F6N25O13. The second-order valence-electron chi connectivity index (χ2n) is 29.4. The van der Waals surface area contributed by atoms with Crippen LogP contribution in [0.2, 0.25) is 0 Å². The van der Waals surface area contributed by atoms with Gasteiger partial charge in [0.2, 0.25) is 17.1 Å². The molecular weight excluding hydrogens is 1560 g/mol. The molecule has 1 aliphatic carbocycles. The highest BCUT2D eigenvalue weighted by atomic mass is 19.4. The van der Waals surface area contributed by atoms with Gasteiger partial charge in [0.05, 0.1) is 70.1 Å². The van der Waals surface area contributed by atoms with Crippen molar-refractivity contribution < 1.29 is 88.6 Å². The average Bonchev–Trinajstić information content (AvgIpc) is 1.65. The highest BCUT2D eigenvalue weighted by molar-refractivity contribution is 6.00. The summed E-state index contributed by atoms with van der Waals surface area (Å²) in [7, 11) is 3.75. The number of rotatable bonds is 24. The normalized spacial score (nSPS) is 12.4. The van der Waals surface area contributed by atoms with Crippen molar-refractivity contribution in [1.29, 1.82) is 0 Å². The van der Waals surface area contributed by atoms with Gasteiger partial charge in [0.25, 0.3) is 0 Å². The van der Waals surface area contributed by atoms with E-state index < -0.39 is 88.6 Å². The summed E-state index contributed by atoms with van der Waals surface area (Å²) in [5.74, 6) is -1.85. The molecule has 0 unspecified atom stereocenters. The van der Waals surface area contributed by atoms with Crippen LogP contribution in [0.5, 0.6) is 0 Å². The van der Waals surface area contributed by atoms with Crippen molar-refractivity contribution in [2.45, 2.75) is 288 Å². The van der Waals surface area contributed by atoms with E-state index in [4.69, 9.17) is 22.0 Å². The van der Waals surface area contributed by atoms with Gasteiger partial charge in [-0.15, -0.1) is 53.1 Å². The zero-order valence-corrected chi connectivity index (χ0v) is 71.9. The first-order valence-corrected chi connectivity index (χ1v) is 38.4. The Morgan fingerprint density at radius 3 is 1.27 bits per heavy atom. The highest BCUT2D eigenvalue weighted by Gasteiger charge is 2.44. The first kappa shape index (κ1) is 103. The lowest BCUT2D eigenvalue weighted by Gasteiger charge is -2.31. The minimum atomic E-state index is -4.73. The summed E-state index contributed by atoms with van der Waals surface area (Å²) in [6, 6.07) is 0.427. The predicted octanol–water partition coefficient (Wildman–Crippen LogP) is 12.0. The Kier molecular flexibility index (Phi) is 43.0. The van der Waals surface area contributed by atoms with E-state index in [9.17, 15) is 55.1 Å². The summed E-state index contributed by atoms with van der Waals surface area (Å²) in [6.45, 7) is 38.9. The summed E-state index contributed by atoms with van der Waals surface area (Å²) in [5.41, 5.74) is 5.09. The van der Waals surface area contributed by atoms with Gasteiger partial charge in [0.1, 0.15) is 11.3 Å². The van der Waals surface area contributed by atoms with Crippen LogP contribution in [-0.4, -0.2) is 208 Å². The third-order valence-corrected chi connectivity index (χ3v) is 15.9. The molecule has 0 aliphatic heterocycles. The quantitative estimate of drug-likeness (QED) is 0.0186. The minimum Gasteiger partial charge on any atom is -0.464 e. The summed E-state index contributed by atoms with van der Waals surface area (Å²) in [4.78, 5) is 68.1. The van der Waals surface area contributed by atoms with Crippen LogP contribution >= 0.6 is 0 Å². The maximum atomic E-state index is 12.8. The number of carbonyl (C=O) groups is 6. The Balaban J connectivity index is 0.000000458. The molecule has 38 nitrogen and oxygen atoms in total. The van der Waals surface area contributed by atoms with E-state index in [2.05, 4.69) is 154 Å². The summed E-state index contributed by atoms with van der Waals surface area (Å²) < 4.78 is 116. The first-order chi connectivity index (χ1) is 55.1. The first-order valence-electron chi connectivity index (χ1n) is 38.4. The lowest BCUT2D eigenvalue weighted by atomic mass is 9.80. The molecule has 8 aromatic rings. The molecule has 1 fully saturated rings.